The first-order chi connectivity index (χ1) is 7.43. The number of carbonyl (C=O) groups is 2. The van der Waals surface area contributed by atoms with Crippen LogP contribution in [0.5, 0.6) is 0 Å². The Morgan fingerprint density at radius 3 is 2.69 bits per heavy atom. The lowest BCUT2D eigenvalue weighted by Gasteiger charge is -2.18. The second-order valence-electron chi connectivity index (χ2n) is 4.01. The van der Waals surface area contributed by atoms with Crippen LogP contribution in [0.15, 0.2) is 6.33 Å². The third-order valence-corrected chi connectivity index (χ3v) is 2.04. The van der Waals surface area contributed by atoms with Gasteiger partial charge in [0.15, 0.2) is 11.4 Å². The van der Waals surface area contributed by atoms with Crippen molar-refractivity contribution in [2.24, 2.45) is 5.92 Å². The van der Waals surface area contributed by atoms with E-state index in [0.29, 0.717) is 12.5 Å². The van der Waals surface area contributed by atoms with Gasteiger partial charge in [-0.25, -0.2) is 9.78 Å². The van der Waals surface area contributed by atoms with Crippen molar-refractivity contribution in [3.05, 3.63) is 17.7 Å². The van der Waals surface area contributed by atoms with Gasteiger partial charge in [0, 0.05) is 13.6 Å². The summed E-state index contributed by atoms with van der Waals surface area (Å²) >= 11 is 0. The van der Waals surface area contributed by atoms with E-state index in [1.165, 1.54) is 11.2 Å². The van der Waals surface area contributed by atoms with E-state index in [-0.39, 0.29) is 17.3 Å². The van der Waals surface area contributed by atoms with Gasteiger partial charge in [-0.1, -0.05) is 13.8 Å². The summed E-state index contributed by atoms with van der Waals surface area (Å²) in [5.41, 5.74) is -0.212. The fourth-order valence-electron chi connectivity index (χ4n) is 1.43. The summed E-state index contributed by atoms with van der Waals surface area (Å²) in [6.07, 6.45) is 1.21. The van der Waals surface area contributed by atoms with Gasteiger partial charge in [-0.15, -0.1) is 0 Å². The number of amides is 1. The number of carbonyl (C=O) groups excluding carboxylic acids is 1. The summed E-state index contributed by atoms with van der Waals surface area (Å²) in [4.78, 5) is 30.3. The molecule has 1 heterocycles. The zero-order chi connectivity index (χ0) is 12.3. The Kier molecular flexibility index (Phi) is 3.65. The van der Waals surface area contributed by atoms with Gasteiger partial charge in [-0.3, -0.25) is 4.79 Å². The van der Waals surface area contributed by atoms with Crippen molar-refractivity contribution in [2.75, 3.05) is 13.6 Å². The van der Waals surface area contributed by atoms with Crippen LogP contribution in [-0.4, -0.2) is 45.4 Å². The molecule has 6 nitrogen and oxygen atoms in total. The zero-order valence-corrected chi connectivity index (χ0v) is 9.52. The summed E-state index contributed by atoms with van der Waals surface area (Å²) < 4.78 is 0. The van der Waals surface area contributed by atoms with Crippen LogP contribution >= 0.6 is 0 Å². The van der Waals surface area contributed by atoms with Crippen molar-refractivity contribution in [2.45, 2.75) is 13.8 Å². The maximum Gasteiger partial charge on any atom is 0.354 e. The van der Waals surface area contributed by atoms with Crippen LogP contribution in [0.1, 0.15) is 34.8 Å². The van der Waals surface area contributed by atoms with Crippen molar-refractivity contribution >= 4 is 11.9 Å². The van der Waals surface area contributed by atoms with E-state index in [1.54, 1.807) is 7.05 Å². The summed E-state index contributed by atoms with van der Waals surface area (Å²) in [5, 5.41) is 8.83. The maximum atomic E-state index is 11.8. The summed E-state index contributed by atoms with van der Waals surface area (Å²) in [5.74, 6) is -1.24. The van der Waals surface area contributed by atoms with Gasteiger partial charge in [0.2, 0.25) is 0 Å². The Morgan fingerprint density at radius 2 is 2.19 bits per heavy atom. The first-order valence-corrected chi connectivity index (χ1v) is 4.95. The van der Waals surface area contributed by atoms with Crippen LogP contribution in [0.3, 0.4) is 0 Å². The molecule has 0 radical (unpaired) electrons. The van der Waals surface area contributed by atoms with Gasteiger partial charge in [0.1, 0.15) is 0 Å². The second kappa shape index (κ2) is 4.78. The number of hydrogen-bond acceptors (Lipinski definition) is 3. The third kappa shape index (κ3) is 2.59. The number of nitrogens with one attached hydrogen (secondary N) is 1. The Hall–Kier alpha value is -1.85. The molecule has 2 N–H and O–H groups in total. The van der Waals surface area contributed by atoms with E-state index in [9.17, 15) is 9.59 Å². The number of carboxylic acid groups (broad SMARTS) is 1. The highest BCUT2D eigenvalue weighted by Gasteiger charge is 2.22. The van der Waals surface area contributed by atoms with E-state index in [0.717, 1.165) is 0 Å². The maximum absolute atomic E-state index is 11.8. The van der Waals surface area contributed by atoms with E-state index in [4.69, 9.17) is 5.11 Å². The zero-order valence-electron chi connectivity index (χ0n) is 9.52. The average molecular weight is 225 g/mol. The van der Waals surface area contributed by atoms with Crippen molar-refractivity contribution in [1.82, 2.24) is 14.9 Å². The van der Waals surface area contributed by atoms with Gasteiger partial charge in [-0.2, -0.15) is 0 Å². The molecule has 1 amide bonds. The Morgan fingerprint density at radius 1 is 1.56 bits per heavy atom. The monoisotopic (exact) mass is 225 g/mol. The molecule has 0 aliphatic carbocycles. The molecule has 1 aromatic rings. The van der Waals surface area contributed by atoms with Crippen LogP contribution in [-0.2, 0) is 0 Å². The summed E-state index contributed by atoms with van der Waals surface area (Å²) in [6, 6.07) is 0. The lowest BCUT2D eigenvalue weighted by atomic mass is 10.2. The Bertz CT molecular complexity index is 398. The quantitative estimate of drug-likeness (QED) is 0.794. The first-order valence-electron chi connectivity index (χ1n) is 4.95. The lowest BCUT2D eigenvalue weighted by Crippen LogP contribution is -2.31. The molecule has 0 saturated heterocycles. The van der Waals surface area contributed by atoms with E-state index >= 15 is 0 Å². The number of H-pyrrole nitrogens is 1. The molecule has 0 unspecified atom stereocenters. The number of nitrogens with zero attached hydrogens (tertiary/aromatic N) is 2. The molecular weight excluding hydrogens is 210 g/mol. The van der Waals surface area contributed by atoms with Gasteiger partial charge >= 0.3 is 5.97 Å². The Labute approximate surface area is 93.3 Å². The molecule has 0 saturated carbocycles. The molecule has 0 atom stereocenters. The van der Waals surface area contributed by atoms with Crippen molar-refractivity contribution in [1.29, 1.82) is 0 Å². The molecule has 6 heteroatoms. The van der Waals surface area contributed by atoms with Crippen LogP contribution in [0.2, 0.25) is 0 Å². The molecule has 88 valence electrons. The number of aromatic carboxylic acids is 1. The van der Waals surface area contributed by atoms with Crippen LogP contribution in [0.25, 0.3) is 0 Å². The minimum absolute atomic E-state index is 0.0457. The molecular formula is C10H15N3O3. The fraction of sp³-hybridized carbons (Fsp3) is 0.500. The second-order valence-corrected chi connectivity index (χ2v) is 4.01. The largest absolute Gasteiger partial charge is 0.477 e. The SMILES string of the molecule is CC(C)CN(C)C(=O)c1nc[nH]c1C(=O)O. The number of aromatic amines is 1. The number of hydrogen-bond donors (Lipinski definition) is 2. The number of rotatable bonds is 4. The van der Waals surface area contributed by atoms with Crippen LogP contribution in [0.4, 0.5) is 0 Å². The van der Waals surface area contributed by atoms with E-state index < -0.39 is 5.97 Å². The van der Waals surface area contributed by atoms with Crippen LogP contribution < -0.4 is 0 Å². The van der Waals surface area contributed by atoms with E-state index in [2.05, 4.69) is 9.97 Å². The van der Waals surface area contributed by atoms with Gasteiger partial charge in [0.05, 0.1) is 6.33 Å². The number of carboxylic acids is 1. The Balaban J connectivity index is 2.88. The lowest BCUT2D eigenvalue weighted by molar-refractivity contribution is 0.0673. The van der Waals surface area contributed by atoms with Gasteiger partial charge < -0.3 is 15.0 Å². The summed E-state index contributed by atoms with van der Waals surface area (Å²) in [7, 11) is 1.63. The van der Waals surface area contributed by atoms with Gasteiger partial charge in [0.25, 0.3) is 5.91 Å². The highest BCUT2D eigenvalue weighted by Crippen LogP contribution is 2.07. The van der Waals surface area contributed by atoms with Crippen molar-refractivity contribution in [3.63, 3.8) is 0 Å². The minimum Gasteiger partial charge on any atom is -0.477 e. The predicted octanol–water partition coefficient (Wildman–Crippen LogP) is 0.836. The smallest absolute Gasteiger partial charge is 0.354 e. The number of aromatic nitrogens is 2. The third-order valence-electron chi connectivity index (χ3n) is 2.04. The molecule has 0 aromatic carbocycles. The minimum atomic E-state index is -1.18. The predicted molar refractivity (Wildman–Crippen MR) is 57.3 cm³/mol. The average Bonchev–Trinajstić information content (AvgIpc) is 2.63. The molecule has 0 fully saturated rings. The van der Waals surface area contributed by atoms with Gasteiger partial charge in [-0.05, 0) is 5.92 Å². The molecule has 1 aromatic heterocycles. The standard InChI is InChI=1S/C10H15N3O3/c1-6(2)4-13(3)9(14)7-8(10(15)16)12-5-11-7/h5-6H,4H2,1-3H3,(H,11,12)(H,15,16). The molecule has 0 spiro atoms. The highest BCUT2D eigenvalue weighted by atomic mass is 16.4. The fourth-order valence-corrected chi connectivity index (χ4v) is 1.43. The first kappa shape index (κ1) is 12.2. The topological polar surface area (TPSA) is 86.3 Å². The normalized spacial score (nSPS) is 10.5. The van der Waals surface area contributed by atoms with Crippen molar-refractivity contribution < 1.29 is 14.7 Å². The highest BCUT2D eigenvalue weighted by molar-refractivity contribution is 6.02. The van der Waals surface area contributed by atoms with E-state index in [1.807, 2.05) is 13.8 Å². The number of imidazole rings is 1. The molecule has 0 aliphatic rings. The molecule has 0 aliphatic heterocycles. The molecule has 16 heavy (non-hydrogen) atoms. The molecule has 0 bridgehead atoms. The summed E-state index contributed by atoms with van der Waals surface area (Å²) in [6.45, 7) is 4.52. The van der Waals surface area contributed by atoms with Crippen LogP contribution in [0, 0.1) is 5.92 Å². The van der Waals surface area contributed by atoms with Crippen molar-refractivity contribution in [3.8, 4) is 0 Å². The molecule has 1 rings (SSSR count).